The van der Waals surface area contributed by atoms with Gasteiger partial charge < -0.3 is 14.0 Å². The van der Waals surface area contributed by atoms with Gasteiger partial charge in [0.25, 0.3) is 5.89 Å². The SMILES string of the molecule is CCOc1ccc(-c2nc(-c3ccc(Br)cc3)no2)cc1OCC. The van der Waals surface area contributed by atoms with Crippen molar-refractivity contribution < 1.29 is 14.0 Å². The number of benzene rings is 2. The summed E-state index contributed by atoms with van der Waals surface area (Å²) in [5.41, 5.74) is 1.68. The summed E-state index contributed by atoms with van der Waals surface area (Å²) >= 11 is 3.41. The summed E-state index contributed by atoms with van der Waals surface area (Å²) in [6.45, 7) is 5.00. The van der Waals surface area contributed by atoms with Crippen molar-refractivity contribution in [2.45, 2.75) is 13.8 Å². The van der Waals surface area contributed by atoms with Crippen LogP contribution in [0.1, 0.15) is 13.8 Å². The molecule has 0 saturated carbocycles. The number of hydrogen-bond acceptors (Lipinski definition) is 5. The van der Waals surface area contributed by atoms with E-state index in [1.54, 1.807) is 0 Å². The summed E-state index contributed by atoms with van der Waals surface area (Å²) in [5.74, 6) is 2.36. The Labute approximate surface area is 148 Å². The predicted octanol–water partition coefficient (Wildman–Crippen LogP) is 4.96. The van der Waals surface area contributed by atoms with Gasteiger partial charge in [-0.3, -0.25) is 0 Å². The lowest BCUT2D eigenvalue weighted by molar-refractivity contribution is 0.288. The molecule has 0 aliphatic heterocycles. The Balaban J connectivity index is 1.91. The van der Waals surface area contributed by atoms with E-state index in [1.807, 2.05) is 56.3 Å². The molecule has 6 heteroatoms. The lowest BCUT2D eigenvalue weighted by Crippen LogP contribution is -1.98. The molecule has 0 atom stereocenters. The maximum Gasteiger partial charge on any atom is 0.258 e. The standard InChI is InChI=1S/C18H17BrN2O3/c1-3-22-15-10-7-13(11-16(15)23-4-2)18-20-17(21-24-18)12-5-8-14(19)9-6-12/h5-11H,3-4H2,1-2H3. The topological polar surface area (TPSA) is 57.4 Å². The quantitative estimate of drug-likeness (QED) is 0.596. The Kier molecular flexibility index (Phi) is 5.15. The molecule has 0 bridgehead atoms. The molecule has 0 fully saturated rings. The molecule has 0 spiro atoms. The molecule has 3 aromatic rings. The van der Waals surface area contributed by atoms with Crippen molar-refractivity contribution in [3.63, 3.8) is 0 Å². The van der Waals surface area contributed by atoms with E-state index < -0.39 is 0 Å². The smallest absolute Gasteiger partial charge is 0.258 e. The zero-order valence-corrected chi connectivity index (χ0v) is 15.0. The molecule has 124 valence electrons. The maximum absolute atomic E-state index is 5.64. The number of rotatable bonds is 6. The second kappa shape index (κ2) is 7.49. The van der Waals surface area contributed by atoms with E-state index in [9.17, 15) is 0 Å². The van der Waals surface area contributed by atoms with Crippen molar-refractivity contribution >= 4 is 15.9 Å². The van der Waals surface area contributed by atoms with Crippen molar-refractivity contribution in [2.24, 2.45) is 0 Å². The normalized spacial score (nSPS) is 10.6. The van der Waals surface area contributed by atoms with Crippen molar-refractivity contribution in [3.8, 4) is 34.3 Å². The summed E-state index contributed by atoms with van der Waals surface area (Å²) in [7, 11) is 0. The molecule has 0 N–H and O–H groups in total. The fraction of sp³-hybridized carbons (Fsp3) is 0.222. The molecule has 1 aromatic heterocycles. The van der Waals surface area contributed by atoms with Gasteiger partial charge in [0.15, 0.2) is 11.5 Å². The largest absolute Gasteiger partial charge is 0.490 e. The second-order valence-electron chi connectivity index (χ2n) is 4.96. The van der Waals surface area contributed by atoms with Gasteiger partial charge in [0.05, 0.1) is 13.2 Å². The lowest BCUT2D eigenvalue weighted by atomic mass is 10.2. The van der Waals surface area contributed by atoms with Gasteiger partial charge in [0.2, 0.25) is 5.82 Å². The summed E-state index contributed by atoms with van der Waals surface area (Å²) in [6.07, 6.45) is 0. The number of nitrogens with zero attached hydrogens (tertiary/aromatic N) is 2. The minimum absolute atomic E-state index is 0.442. The molecule has 0 aliphatic carbocycles. The molecule has 3 rings (SSSR count). The average molecular weight is 389 g/mol. The number of aromatic nitrogens is 2. The zero-order chi connectivity index (χ0) is 16.9. The molecular formula is C18H17BrN2O3. The van der Waals surface area contributed by atoms with Crippen LogP contribution in [0.25, 0.3) is 22.8 Å². The van der Waals surface area contributed by atoms with Crippen molar-refractivity contribution in [2.75, 3.05) is 13.2 Å². The number of ether oxygens (including phenoxy) is 2. The second-order valence-corrected chi connectivity index (χ2v) is 5.87. The van der Waals surface area contributed by atoms with Crippen LogP contribution in [0.15, 0.2) is 51.5 Å². The summed E-state index contributed by atoms with van der Waals surface area (Å²) in [6, 6.07) is 13.3. The first-order chi connectivity index (χ1) is 11.7. The molecular weight excluding hydrogens is 372 g/mol. The van der Waals surface area contributed by atoms with Crippen molar-refractivity contribution in [1.82, 2.24) is 10.1 Å². The molecule has 24 heavy (non-hydrogen) atoms. The highest BCUT2D eigenvalue weighted by molar-refractivity contribution is 9.10. The van der Waals surface area contributed by atoms with E-state index >= 15 is 0 Å². The predicted molar refractivity (Wildman–Crippen MR) is 95.2 cm³/mol. The molecule has 0 radical (unpaired) electrons. The Morgan fingerprint density at radius 2 is 1.58 bits per heavy atom. The first kappa shape index (κ1) is 16.5. The van der Waals surface area contributed by atoms with Gasteiger partial charge in [-0.1, -0.05) is 21.1 Å². The molecule has 0 unspecified atom stereocenters. The highest BCUT2D eigenvalue weighted by Gasteiger charge is 2.14. The van der Waals surface area contributed by atoms with Gasteiger partial charge in [0.1, 0.15) is 0 Å². The maximum atomic E-state index is 5.64. The Bertz CT molecular complexity index is 815. The zero-order valence-electron chi connectivity index (χ0n) is 13.5. The van der Waals surface area contributed by atoms with Crippen LogP contribution in [0.2, 0.25) is 0 Å². The molecule has 0 saturated heterocycles. The number of hydrogen-bond donors (Lipinski definition) is 0. The van der Waals surface area contributed by atoms with Crippen LogP contribution >= 0.6 is 15.9 Å². The number of halogens is 1. The van der Waals surface area contributed by atoms with Crippen LogP contribution in [0.3, 0.4) is 0 Å². The van der Waals surface area contributed by atoms with Gasteiger partial charge in [-0.15, -0.1) is 0 Å². The van der Waals surface area contributed by atoms with E-state index in [2.05, 4.69) is 26.1 Å². The first-order valence-electron chi connectivity index (χ1n) is 7.71. The minimum atomic E-state index is 0.442. The van der Waals surface area contributed by atoms with Crippen LogP contribution in [0.5, 0.6) is 11.5 Å². The van der Waals surface area contributed by atoms with E-state index in [0.29, 0.717) is 36.4 Å². The summed E-state index contributed by atoms with van der Waals surface area (Å²) in [5, 5.41) is 4.05. The van der Waals surface area contributed by atoms with Gasteiger partial charge in [0, 0.05) is 15.6 Å². The highest BCUT2D eigenvalue weighted by Crippen LogP contribution is 2.33. The van der Waals surface area contributed by atoms with Gasteiger partial charge in [-0.2, -0.15) is 4.98 Å². The van der Waals surface area contributed by atoms with Gasteiger partial charge >= 0.3 is 0 Å². The third-order valence-electron chi connectivity index (χ3n) is 3.32. The summed E-state index contributed by atoms with van der Waals surface area (Å²) in [4.78, 5) is 4.47. The van der Waals surface area contributed by atoms with Gasteiger partial charge in [-0.05, 0) is 56.3 Å². The monoisotopic (exact) mass is 388 g/mol. The third kappa shape index (κ3) is 3.59. The van der Waals surface area contributed by atoms with Crippen LogP contribution in [0.4, 0.5) is 0 Å². The van der Waals surface area contributed by atoms with Crippen LogP contribution in [0, 0.1) is 0 Å². The molecule has 1 heterocycles. The van der Waals surface area contributed by atoms with E-state index in [0.717, 1.165) is 15.6 Å². The first-order valence-corrected chi connectivity index (χ1v) is 8.50. The molecule has 0 amide bonds. The van der Waals surface area contributed by atoms with E-state index in [4.69, 9.17) is 14.0 Å². The average Bonchev–Trinajstić information content (AvgIpc) is 3.07. The van der Waals surface area contributed by atoms with Crippen LogP contribution < -0.4 is 9.47 Å². The van der Waals surface area contributed by atoms with Crippen LogP contribution in [-0.2, 0) is 0 Å². The lowest BCUT2D eigenvalue weighted by Gasteiger charge is -2.11. The fourth-order valence-electron chi connectivity index (χ4n) is 2.24. The fourth-order valence-corrected chi connectivity index (χ4v) is 2.51. The Morgan fingerprint density at radius 3 is 2.29 bits per heavy atom. The van der Waals surface area contributed by atoms with E-state index in [1.165, 1.54) is 0 Å². The highest BCUT2D eigenvalue weighted by atomic mass is 79.9. The summed E-state index contributed by atoms with van der Waals surface area (Å²) < 4.78 is 17.6. The third-order valence-corrected chi connectivity index (χ3v) is 3.85. The Hall–Kier alpha value is -2.34. The van der Waals surface area contributed by atoms with Crippen molar-refractivity contribution in [1.29, 1.82) is 0 Å². The molecule has 0 aliphatic rings. The Morgan fingerprint density at radius 1 is 0.917 bits per heavy atom. The van der Waals surface area contributed by atoms with E-state index in [-0.39, 0.29) is 0 Å². The molecule has 5 nitrogen and oxygen atoms in total. The van der Waals surface area contributed by atoms with Gasteiger partial charge in [-0.25, -0.2) is 0 Å². The minimum Gasteiger partial charge on any atom is -0.490 e. The van der Waals surface area contributed by atoms with Crippen molar-refractivity contribution in [3.05, 3.63) is 46.9 Å². The molecule has 2 aromatic carbocycles. The van der Waals surface area contributed by atoms with Crippen LogP contribution in [-0.4, -0.2) is 23.4 Å².